The third-order valence-corrected chi connectivity index (χ3v) is 3.39. The number of hydrogen-bond donors (Lipinski definition) is 1. The molecular weight excluding hydrogens is 286 g/mol. The Morgan fingerprint density at radius 1 is 1.43 bits per heavy atom. The maximum atomic E-state index is 12.1. The number of methoxy groups -OCH3 is 1. The summed E-state index contributed by atoms with van der Waals surface area (Å²) in [5, 5.41) is 4.36. The summed E-state index contributed by atoms with van der Waals surface area (Å²) in [6.07, 6.45) is 0. The summed E-state index contributed by atoms with van der Waals surface area (Å²) >= 11 is 4.96. The number of ether oxygens (including phenoxy) is 1. The molecular formula is C15H17N3O2S. The topological polar surface area (TPSA) is 70.1 Å². The SMILES string of the molecule is CCn1nc(-c2cc(C)ccc2OC)cc(C(N)=S)c1=O. The molecule has 21 heavy (non-hydrogen) atoms. The van der Waals surface area contributed by atoms with E-state index in [2.05, 4.69) is 5.10 Å². The van der Waals surface area contributed by atoms with Crippen molar-refractivity contribution in [3.05, 3.63) is 45.7 Å². The van der Waals surface area contributed by atoms with E-state index in [-0.39, 0.29) is 10.5 Å². The second-order valence-corrected chi connectivity index (χ2v) is 5.07. The summed E-state index contributed by atoms with van der Waals surface area (Å²) in [4.78, 5) is 12.2. The van der Waals surface area contributed by atoms with Crippen LogP contribution in [-0.2, 0) is 6.54 Å². The van der Waals surface area contributed by atoms with E-state index in [9.17, 15) is 4.79 Å². The predicted molar refractivity (Wildman–Crippen MR) is 86.8 cm³/mol. The fraction of sp³-hybridized carbons (Fsp3) is 0.267. The summed E-state index contributed by atoms with van der Waals surface area (Å²) < 4.78 is 6.72. The molecule has 0 saturated carbocycles. The van der Waals surface area contributed by atoms with Gasteiger partial charge in [-0.05, 0) is 32.0 Å². The molecule has 0 saturated heterocycles. The lowest BCUT2D eigenvalue weighted by Crippen LogP contribution is -2.30. The van der Waals surface area contributed by atoms with E-state index in [4.69, 9.17) is 22.7 Å². The highest BCUT2D eigenvalue weighted by molar-refractivity contribution is 7.80. The van der Waals surface area contributed by atoms with Gasteiger partial charge in [-0.2, -0.15) is 5.10 Å². The van der Waals surface area contributed by atoms with Gasteiger partial charge in [0, 0.05) is 12.1 Å². The van der Waals surface area contributed by atoms with E-state index < -0.39 is 0 Å². The summed E-state index contributed by atoms with van der Waals surface area (Å²) in [6.45, 7) is 4.26. The lowest BCUT2D eigenvalue weighted by Gasteiger charge is -2.12. The zero-order valence-electron chi connectivity index (χ0n) is 12.2. The van der Waals surface area contributed by atoms with Gasteiger partial charge in [-0.1, -0.05) is 23.8 Å². The number of rotatable bonds is 4. The van der Waals surface area contributed by atoms with Crippen LogP contribution in [0.1, 0.15) is 18.1 Å². The van der Waals surface area contributed by atoms with Crippen molar-refractivity contribution in [3.63, 3.8) is 0 Å². The first kappa shape index (κ1) is 15.2. The van der Waals surface area contributed by atoms with Crippen LogP contribution in [0.3, 0.4) is 0 Å². The Morgan fingerprint density at radius 3 is 2.71 bits per heavy atom. The maximum absolute atomic E-state index is 12.1. The van der Waals surface area contributed by atoms with Crippen LogP contribution >= 0.6 is 12.2 Å². The average Bonchev–Trinajstić information content (AvgIpc) is 2.47. The van der Waals surface area contributed by atoms with Crippen LogP contribution in [0.25, 0.3) is 11.3 Å². The molecule has 0 aliphatic rings. The van der Waals surface area contributed by atoms with Gasteiger partial charge in [-0.15, -0.1) is 0 Å². The second kappa shape index (κ2) is 6.05. The van der Waals surface area contributed by atoms with Gasteiger partial charge in [0.1, 0.15) is 10.7 Å². The highest BCUT2D eigenvalue weighted by Crippen LogP contribution is 2.29. The molecule has 2 aromatic rings. The third kappa shape index (κ3) is 2.95. The highest BCUT2D eigenvalue weighted by atomic mass is 32.1. The Hall–Kier alpha value is -2.21. The highest BCUT2D eigenvalue weighted by Gasteiger charge is 2.14. The second-order valence-electron chi connectivity index (χ2n) is 4.63. The molecule has 0 unspecified atom stereocenters. The summed E-state index contributed by atoms with van der Waals surface area (Å²) in [7, 11) is 1.60. The van der Waals surface area contributed by atoms with Crippen molar-refractivity contribution in [2.24, 2.45) is 5.73 Å². The molecule has 0 amide bonds. The van der Waals surface area contributed by atoms with Gasteiger partial charge in [-0.25, -0.2) is 4.68 Å². The molecule has 0 radical (unpaired) electrons. The fourth-order valence-corrected chi connectivity index (χ4v) is 2.23. The van der Waals surface area contributed by atoms with Crippen LogP contribution < -0.4 is 16.0 Å². The maximum Gasteiger partial charge on any atom is 0.277 e. The van der Waals surface area contributed by atoms with Crippen LogP contribution in [0.5, 0.6) is 5.75 Å². The van der Waals surface area contributed by atoms with E-state index in [1.165, 1.54) is 4.68 Å². The number of benzene rings is 1. The average molecular weight is 303 g/mol. The molecule has 0 spiro atoms. The minimum atomic E-state index is -0.277. The van der Waals surface area contributed by atoms with E-state index in [1.54, 1.807) is 13.2 Å². The zero-order valence-corrected chi connectivity index (χ0v) is 13.0. The quantitative estimate of drug-likeness (QED) is 0.873. The fourth-order valence-electron chi connectivity index (χ4n) is 2.09. The third-order valence-electron chi connectivity index (χ3n) is 3.17. The standard InChI is InChI=1S/C15H17N3O2S/c1-4-18-15(19)11(14(16)21)8-12(17-18)10-7-9(2)5-6-13(10)20-3/h5-8H,4H2,1-3H3,(H2,16,21). The molecule has 0 fully saturated rings. The van der Waals surface area contributed by atoms with Crippen molar-refractivity contribution in [2.45, 2.75) is 20.4 Å². The molecule has 6 heteroatoms. The first-order chi connectivity index (χ1) is 9.97. The zero-order chi connectivity index (χ0) is 15.6. The van der Waals surface area contributed by atoms with E-state index in [0.717, 1.165) is 11.1 Å². The molecule has 1 aromatic heterocycles. The molecule has 110 valence electrons. The van der Waals surface area contributed by atoms with Crippen molar-refractivity contribution < 1.29 is 4.74 Å². The van der Waals surface area contributed by atoms with Gasteiger partial charge in [0.05, 0.1) is 18.4 Å². The van der Waals surface area contributed by atoms with E-state index >= 15 is 0 Å². The van der Waals surface area contributed by atoms with Gasteiger partial charge in [0.2, 0.25) is 0 Å². The number of nitrogens with two attached hydrogens (primary N) is 1. The Kier molecular flexibility index (Phi) is 4.37. The van der Waals surface area contributed by atoms with Gasteiger partial charge in [0.15, 0.2) is 0 Å². The minimum Gasteiger partial charge on any atom is -0.496 e. The predicted octanol–water partition coefficient (Wildman–Crippen LogP) is 1.88. The van der Waals surface area contributed by atoms with Crippen LogP contribution in [-0.4, -0.2) is 21.9 Å². The van der Waals surface area contributed by atoms with Gasteiger partial charge in [0.25, 0.3) is 5.56 Å². The van der Waals surface area contributed by atoms with Crippen LogP contribution in [0, 0.1) is 6.92 Å². The number of hydrogen-bond acceptors (Lipinski definition) is 4. The lowest BCUT2D eigenvalue weighted by molar-refractivity contribution is 0.416. The number of aryl methyl sites for hydroxylation is 2. The molecule has 1 aromatic carbocycles. The molecule has 2 N–H and O–H groups in total. The summed E-state index contributed by atoms with van der Waals surface area (Å²) in [5.74, 6) is 0.684. The Bertz CT molecular complexity index is 753. The Balaban J connectivity index is 2.75. The van der Waals surface area contributed by atoms with Crippen molar-refractivity contribution in [1.29, 1.82) is 0 Å². The number of aromatic nitrogens is 2. The van der Waals surface area contributed by atoms with Gasteiger partial charge >= 0.3 is 0 Å². The van der Waals surface area contributed by atoms with Crippen molar-refractivity contribution in [1.82, 2.24) is 9.78 Å². The molecule has 1 heterocycles. The smallest absolute Gasteiger partial charge is 0.277 e. The summed E-state index contributed by atoms with van der Waals surface area (Å²) in [5.41, 5.74) is 8.14. The van der Waals surface area contributed by atoms with Gasteiger partial charge < -0.3 is 10.5 Å². The molecule has 0 bridgehead atoms. The molecule has 0 aliphatic carbocycles. The Morgan fingerprint density at radius 2 is 2.14 bits per heavy atom. The first-order valence-electron chi connectivity index (χ1n) is 6.55. The summed E-state index contributed by atoms with van der Waals surface area (Å²) in [6, 6.07) is 7.39. The number of thiocarbonyl (C=S) groups is 1. The lowest BCUT2D eigenvalue weighted by atomic mass is 10.1. The van der Waals surface area contributed by atoms with Crippen molar-refractivity contribution >= 4 is 17.2 Å². The molecule has 5 nitrogen and oxygen atoms in total. The monoisotopic (exact) mass is 303 g/mol. The molecule has 0 aliphatic heterocycles. The van der Waals surface area contributed by atoms with Gasteiger partial charge in [-0.3, -0.25) is 4.79 Å². The minimum absolute atomic E-state index is 0.0671. The molecule has 2 rings (SSSR count). The normalized spacial score (nSPS) is 10.4. The van der Waals surface area contributed by atoms with Crippen LogP contribution in [0.15, 0.2) is 29.1 Å². The first-order valence-corrected chi connectivity index (χ1v) is 6.95. The largest absolute Gasteiger partial charge is 0.496 e. The van der Waals surface area contributed by atoms with Crippen molar-refractivity contribution in [2.75, 3.05) is 7.11 Å². The molecule has 0 atom stereocenters. The van der Waals surface area contributed by atoms with E-state index in [1.807, 2.05) is 32.0 Å². The van der Waals surface area contributed by atoms with Crippen LogP contribution in [0.2, 0.25) is 0 Å². The number of nitrogens with zero attached hydrogens (tertiary/aromatic N) is 2. The van der Waals surface area contributed by atoms with Crippen LogP contribution in [0.4, 0.5) is 0 Å². The Labute approximate surface area is 128 Å². The van der Waals surface area contributed by atoms with Crippen molar-refractivity contribution in [3.8, 4) is 17.0 Å². The van der Waals surface area contributed by atoms with E-state index in [0.29, 0.717) is 23.6 Å².